The summed E-state index contributed by atoms with van der Waals surface area (Å²) in [4.78, 5) is 18.4. The van der Waals surface area contributed by atoms with Gasteiger partial charge in [0.05, 0.1) is 17.3 Å². The van der Waals surface area contributed by atoms with Gasteiger partial charge in [0.1, 0.15) is 5.82 Å². The Morgan fingerprint density at radius 1 is 1.43 bits per heavy atom. The molecule has 2 aromatic rings. The monoisotopic (exact) mass is 334 g/mol. The zero-order valence-corrected chi connectivity index (χ0v) is 13.6. The first-order valence-electron chi connectivity index (χ1n) is 7.50. The van der Waals surface area contributed by atoms with Crippen molar-refractivity contribution in [1.82, 2.24) is 25.4 Å². The topological polar surface area (TPSA) is 75.1 Å². The first-order chi connectivity index (χ1) is 11.1. The minimum atomic E-state index is -0.176. The van der Waals surface area contributed by atoms with Crippen LogP contribution in [0, 0.1) is 0 Å². The van der Waals surface area contributed by atoms with E-state index in [4.69, 9.17) is 11.6 Å². The summed E-state index contributed by atoms with van der Waals surface area (Å²) in [7, 11) is 1.85. The van der Waals surface area contributed by atoms with Crippen molar-refractivity contribution < 1.29 is 4.79 Å². The number of nitrogens with one attached hydrogen (secondary N) is 2. The molecule has 1 aliphatic heterocycles. The molecule has 1 atom stereocenters. The highest BCUT2D eigenvalue weighted by Crippen LogP contribution is 2.25. The molecule has 0 radical (unpaired) electrons. The summed E-state index contributed by atoms with van der Waals surface area (Å²) >= 11 is 6.17. The summed E-state index contributed by atoms with van der Waals surface area (Å²) in [5, 5.41) is 10.5. The Morgan fingerprint density at radius 3 is 3.04 bits per heavy atom. The van der Waals surface area contributed by atoms with Gasteiger partial charge in [0.25, 0.3) is 0 Å². The maximum Gasteiger partial charge on any atom is 0.315 e. The third-order valence-electron chi connectivity index (χ3n) is 3.91. The molecule has 2 N–H and O–H groups in total. The Kier molecular flexibility index (Phi) is 4.66. The molecule has 0 aliphatic carbocycles. The van der Waals surface area contributed by atoms with E-state index in [0.717, 1.165) is 24.5 Å². The number of halogens is 1. The first kappa shape index (κ1) is 15.6. The third kappa shape index (κ3) is 3.73. The second-order valence-corrected chi connectivity index (χ2v) is 5.92. The van der Waals surface area contributed by atoms with Gasteiger partial charge in [-0.3, -0.25) is 4.68 Å². The van der Waals surface area contributed by atoms with Gasteiger partial charge < -0.3 is 15.5 Å². The van der Waals surface area contributed by atoms with Crippen LogP contribution in [0.5, 0.6) is 0 Å². The average molecular weight is 335 g/mol. The van der Waals surface area contributed by atoms with Crippen molar-refractivity contribution in [3.8, 4) is 0 Å². The minimum absolute atomic E-state index is 0.0830. The van der Waals surface area contributed by atoms with Gasteiger partial charge in [0, 0.05) is 38.6 Å². The van der Waals surface area contributed by atoms with Crippen molar-refractivity contribution in [2.45, 2.75) is 19.0 Å². The van der Waals surface area contributed by atoms with Crippen molar-refractivity contribution in [2.75, 3.05) is 18.0 Å². The van der Waals surface area contributed by atoms with E-state index >= 15 is 0 Å². The van der Waals surface area contributed by atoms with Gasteiger partial charge in [-0.05, 0) is 24.6 Å². The summed E-state index contributed by atoms with van der Waals surface area (Å²) in [6, 6.07) is 5.42. The Labute approximate surface area is 139 Å². The largest absolute Gasteiger partial charge is 0.353 e. The molecular formula is C15H19ClN6O. The summed E-state index contributed by atoms with van der Waals surface area (Å²) in [5.74, 6) is 0.772. The quantitative estimate of drug-likeness (QED) is 0.889. The van der Waals surface area contributed by atoms with E-state index in [9.17, 15) is 4.79 Å². The van der Waals surface area contributed by atoms with Crippen LogP contribution in [0.3, 0.4) is 0 Å². The van der Waals surface area contributed by atoms with Crippen molar-refractivity contribution in [1.29, 1.82) is 0 Å². The van der Waals surface area contributed by atoms with Crippen LogP contribution in [-0.4, -0.2) is 39.9 Å². The number of nitrogens with zero attached hydrogens (tertiary/aromatic N) is 4. The number of urea groups is 1. The molecule has 8 heteroatoms. The van der Waals surface area contributed by atoms with E-state index < -0.39 is 0 Å². The summed E-state index contributed by atoms with van der Waals surface area (Å²) < 4.78 is 1.74. The van der Waals surface area contributed by atoms with Crippen LogP contribution in [0.25, 0.3) is 0 Å². The molecule has 7 nitrogen and oxygen atoms in total. The molecule has 3 heterocycles. The van der Waals surface area contributed by atoms with Crippen LogP contribution in [0.15, 0.2) is 30.6 Å². The third-order valence-corrected chi connectivity index (χ3v) is 4.21. The van der Waals surface area contributed by atoms with Crippen molar-refractivity contribution >= 4 is 23.4 Å². The number of aromatic nitrogens is 3. The number of hydrogen-bond acceptors (Lipinski definition) is 4. The molecular weight excluding hydrogens is 316 g/mol. The summed E-state index contributed by atoms with van der Waals surface area (Å²) in [6.45, 7) is 1.98. The number of carbonyl (C=O) groups excluding carboxylic acids is 1. The highest BCUT2D eigenvalue weighted by Gasteiger charge is 2.25. The lowest BCUT2D eigenvalue weighted by Crippen LogP contribution is -2.43. The predicted molar refractivity (Wildman–Crippen MR) is 88.4 cm³/mol. The molecule has 1 aliphatic rings. The van der Waals surface area contributed by atoms with Crippen molar-refractivity contribution in [3.05, 3.63) is 41.3 Å². The van der Waals surface area contributed by atoms with E-state index in [-0.39, 0.29) is 12.1 Å². The number of amides is 2. The molecule has 0 saturated carbocycles. The molecule has 1 unspecified atom stereocenters. The van der Waals surface area contributed by atoms with Crippen molar-refractivity contribution in [3.63, 3.8) is 0 Å². The van der Waals surface area contributed by atoms with E-state index in [1.165, 1.54) is 0 Å². The molecule has 23 heavy (non-hydrogen) atoms. The highest BCUT2D eigenvalue weighted by molar-refractivity contribution is 6.32. The van der Waals surface area contributed by atoms with Crippen LogP contribution in [0.1, 0.15) is 12.1 Å². The Bertz CT molecular complexity index is 688. The van der Waals surface area contributed by atoms with Gasteiger partial charge in [-0.1, -0.05) is 11.6 Å². The highest BCUT2D eigenvalue weighted by atomic mass is 35.5. The zero-order chi connectivity index (χ0) is 16.2. The Morgan fingerprint density at radius 2 is 2.30 bits per heavy atom. The number of rotatable bonds is 4. The fourth-order valence-electron chi connectivity index (χ4n) is 2.66. The lowest BCUT2D eigenvalue weighted by atomic mass is 10.3. The predicted octanol–water partition coefficient (Wildman–Crippen LogP) is 1.55. The Balaban J connectivity index is 1.49. The molecule has 0 aromatic carbocycles. The van der Waals surface area contributed by atoms with Gasteiger partial charge in [-0.25, -0.2) is 9.78 Å². The van der Waals surface area contributed by atoms with Crippen LogP contribution in [-0.2, 0) is 13.6 Å². The van der Waals surface area contributed by atoms with Gasteiger partial charge in [-0.2, -0.15) is 5.10 Å². The summed E-state index contributed by atoms with van der Waals surface area (Å²) in [6.07, 6.45) is 4.30. The average Bonchev–Trinajstić information content (AvgIpc) is 3.15. The SMILES string of the molecule is Cn1nccc1CNC(=O)NC1CCN(c2ncccc2Cl)C1. The van der Waals surface area contributed by atoms with Crippen LogP contribution >= 0.6 is 11.6 Å². The number of carbonyl (C=O) groups is 1. The molecule has 3 rings (SSSR count). The van der Waals surface area contributed by atoms with Gasteiger partial charge in [0.15, 0.2) is 0 Å². The molecule has 122 valence electrons. The van der Waals surface area contributed by atoms with Gasteiger partial charge in [0.2, 0.25) is 0 Å². The van der Waals surface area contributed by atoms with Gasteiger partial charge >= 0.3 is 6.03 Å². The molecule has 0 bridgehead atoms. The fraction of sp³-hybridized carbons (Fsp3) is 0.400. The molecule has 1 saturated heterocycles. The lowest BCUT2D eigenvalue weighted by molar-refractivity contribution is 0.237. The normalized spacial score (nSPS) is 17.3. The van der Waals surface area contributed by atoms with Crippen molar-refractivity contribution in [2.24, 2.45) is 7.05 Å². The molecule has 1 fully saturated rings. The number of anilines is 1. The fourth-order valence-corrected chi connectivity index (χ4v) is 2.90. The van der Waals surface area contributed by atoms with Crippen LogP contribution in [0.4, 0.5) is 10.6 Å². The molecule has 2 amide bonds. The van der Waals surface area contributed by atoms with E-state index in [0.29, 0.717) is 18.1 Å². The second kappa shape index (κ2) is 6.87. The number of pyridine rings is 1. The summed E-state index contributed by atoms with van der Waals surface area (Å²) in [5.41, 5.74) is 0.952. The van der Waals surface area contributed by atoms with E-state index in [1.807, 2.05) is 25.2 Å². The maximum atomic E-state index is 12.0. The van der Waals surface area contributed by atoms with Crippen LogP contribution < -0.4 is 15.5 Å². The first-order valence-corrected chi connectivity index (χ1v) is 7.88. The Hall–Kier alpha value is -2.28. The maximum absolute atomic E-state index is 12.0. The number of aryl methyl sites for hydroxylation is 1. The minimum Gasteiger partial charge on any atom is -0.353 e. The lowest BCUT2D eigenvalue weighted by Gasteiger charge is -2.19. The van der Waals surface area contributed by atoms with E-state index in [2.05, 4.69) is 25.6 Å². The van der Waals surface area contributed by atoms with Crippen LogP contribution in [0.2, 0.25) is 5.02 Å². The number of hydrogen-bond donors (Lipinski definition) is 2. The standard InChI is InChI=1S/C15H19ClN6O/c1-21-12(4-7-19-21)9-18-15(23)20-11-5-8-22(10-11)14-13(16)3-2-6-17-14/h2-4,6-7,11H,5,8-10H2,1H3,(H2,18,20,23). The van der Waals surface area contributed by atoms with Gasteiger partial charge in [-0.15, -0.1) is 0 Å². The smallest absolute Gasteiger partial charge is 0.315 e. The molecule has 0 spiro atoms. The zero-order valence-electron chi connectivity index (χ0n) is 12.9. The molecule has 2 aromatic heterocycles. The van der Waals surface area contributed by atoms with E-state index in [1.54, 1.807) is 17.1 Å². The second-order valence-electron chi connectivity index (χ2n) is 5.51.